The number of aliphatic hydroxyl groups is 2. The highest BCUT2D eigenvalue weighted by molar-refractivity contribution is 5.96. The van der Waals surface area contributed by atoms with E-state index in [0.29, 0.717) is 5.69 Å². The Labute approximate surface area is 137 Å². The summed E-state index contributed by atoms with van der Waals surface area (Å²) in [6.07, 6.45) is -0.955. The predicted octanol–water partition coefficient (Wildman–Crippen LogP) is 1.58. The van der Waals surface area contributed by atoms with Crippen LogP contribution in [0.3, 0.4) is 0 Å². The lowest BCUT2D eigenvalue weighted by atomic mass is 10.1. The van der Waals surface area contributed by atoms with Gasteiger partial charge in [-0.15, -0.1) is 0 Å². The first-order chi connectivity index (χ1) is 11.5. The maximum atomic E-state index is 12.3. The highest BCUT2D eigenvalue weighted by Crippen LogP contribution is 2.21. The number of aliphatic hydroxyl groups excluding tert-OH is 2. The van der Waals surface area contributed by atoms with Crippen LogP contribution in [0.15, 0.2) is 48.5 Å². The molecule has 0 radical (unpaired) electrons. The van der Waals surface area contributed by atoms with Crippen molar-refractivity contribution in [3.63, 3.8) is 0 Å². The number of nitrogens with zero attached hydrogens (tertiary/aromatic N) is 1. The van der Waals surface area contributed by atoms with Gasteiger partial charge in [0.2, 0.25) is 0 Å². The molecule has 0 bridgehead atoms. The van der Waals surface area contributed by atoms with Gasteiger partial charge in [0, 0.05) is 24.4 Å². The summed E-state index contributed by atoms with van der Waals surface area (Å²) >= 11 is 0. The standard InChI is InChI=1S/C16H16N2O6/c19-10-12(20)9-17-15-4-2-1-3-14(15)16(21)24-13-7-5-11(6-8-13)18(22)23/h1-8,12,17,19-20H,9-10H2. The van der Waals surface area contributed by atoms with Gasteiger partial charge < -0.3 is 20.3 Å². The van der Waals surface area contributed by atoms with E-state index in [4.69, 9.17) is 9.84 Å². The van der Waals surface area contributed by atoms with E-state index in [1.165, 1.54) is 24.3 Å². The van der Waals surface area contributed by atoms with Crippen molar-refractivity contribution >= 4 is 17.3 Å². The van der Waals surface area contributed by atoms with Crippen molar-refractivity contribution in [2.24, 2.45) is 0 Å². The Morgan fingerprint density at radius 3 is 2.50 bits per heavy atom. The quantitative estimate of drug-likeness (QED) is 0.304. The van der Waals surface area contributed by atoms with Crippen molar-refractivity contribution in [3.05, 3.63) is 64.2 Å². The number of hydrogen-bond acceptors (Lipinski definition) is 7. The molecule has 0 heterocycles. The number of carbonyl (C=O) groups excluding carboxylic acids is 1. The summed E-state index contributed by atoms with van der Waals surface area (Å²) in [5.41, 5.74) is 0.577. The fourth-order valence-corrected chi connectivity index (χ4v) is 1.91. The van der Waals surface area contributed by atoms with E-state index >= 15 is 0 Å². The Kier molecular flexibility index (Phi) is 5.83. The number of rotatable bonds is 7. The van der Waals surface area contributed by atoms with Gasteiger partial charge >= 0.3 is 5.97 Å². The number of non-ortho nitro benzene ring substituents is 1. The molecule has 0 aromatic heterocycles. The molecular weight excluding hydrogens is 316 g/mol. The van der Waals surface area contributed by atoms with Crippen LogP contribution in [0.25, 0.3) is 0 Å². The number of nitrogens with one attached hydrogen (secondary N) is 1. The minimum Gasteiger partial charge on any atom is -0.423 e. The third-order valence-corrected chi connectivity index (χ3v) is 3.14. The number of esters is 1. The number of nitro groups is 1. The molecule has 1 unspecified atom stereocenters. The van der Waals surface area contributed by atoms with Gasteiger partial charge in [0.1, 0.15) is 5.75 Å². The molecule has 2 rings (SSSR count). The van der Waals surface area contributed by atoms with Gasteiger partial charge in [-0.05, 0) is 24.3 Å². The van der Waals surface area contributed by atoms with Crippen molar-refractivity contribution in [2.75, 3.05) is 18.5 Å². The van der Waals surface area contributed by atoms with Crippen molar-refractivity contribution < 1.29 is 24.7 Å². The number of anilines is 1. The van der Waals surface area contributed by atoms with Crippen LogP contribution in [0.2, 0.25) is 0 Å². The third kappa shape index (κ3) is 4.51. The molecular formula is C16H16N2O6. The average molecular weight is 332 g/mol. The first kappa shape index (κ1) is 17.4. The maximum absolute atomic E-state index is 12.3. The molecule has 0 spiro atoms. The summed E-state index contributed by atoms with van der Waals surface area (Å²) in [5.74, 6) is -0.471. The Balaban J connectivity index is 2.10. The predicted molar refractivity (Wildman–Crippen MR) is 86.1 cm³/mol. The Morgan fingerprint density at radius 1 is 1.21 bits per heavy atom. The Bertz CT molecular complexity index is 717. The second kappa shape index (κ2) is 8.04. The summed E-state index contributed by atoms with van der Waals surface area (Å²) in [6, 6.07) is 11.7. The molecule has 0 fully saturated rings. The van der Waals surface area contributed by atoms with Gasteiger partial charge in [-0.25, -0.2) is 4.79 Å². The second-order valence-electron chi connectivity index (χ2n) is 4.90. The van der Waals surface area contributed by atoms with E-state index in [-0.39, 0.29) is 23.5 Å². The Hall–Kier alpha value is -2.97. The van der Waals surface area contributed by atoms with E-state index in [1.807, 2.05) is 0 Å². The van der Waals surface area contributed by atoms with Gasteiger partial charge in [0.25, 0.3) is 5.69 Å². The third-order valence-electron chi connectivity index (χ3n) is 3.14. The molecule has 0 aliphatic rings. The van der Waals surface area contributed by atoms with E-state index in [9.17, 15) is 20.0 Å². The van der Waals surface area contributed by atoms with Crippen molar-refractivity contribution in [1.82, 2.24) is 0 Å². The highest BCUT2D eigenvalue weighted by atomic mass is 16.6. The lowest BCUT2D eigenvalue weighted by molar-refractivity contribution is -0.384. The first-order valence-electron chi connectivity index (χ1n) is 7.09. The topological polar surface area (TPSA) is 122 Å². The molecule has 8 nitrogen and oxygen atoms in total. The van der Waals surface area contributed by atoms with E-state index in [0.717, 1.165) is 0 Å². The lowest BCUT2D eigenvalue weighted by Crippen LogP contribution is -2.24. The van der Waals surface area contributed by atoms with Crippen LogP contribution >= 0.6 is 0 Å². The fraction of sp³-hybridized carbons (Fsp3) is 0.188. The second-order valence-corrected chi connectivity index (χ2v) is 4.90. The van der Waals surface area contributed by atoms with Crippen LogP contribution in [0, 0.1) is 10.1 Å². The lowest BCUT2D eigenvalue weighted by Gasteiger charge is -2.13. The maximum Gasteiger partial charge on any atom is 0.345 e. The van der Waals surface area contributed by atoms with Gasteiger partial charge in [-0.3, -0.25) is 10.1 Å². The van der Waals surface area contributed by atoms with Crippen molar-refractivity contribution in [3.8, 4) is 5.75 Å². The average Bonchev–Trinajstić information content (AvgIpc) is 2.60. The van der Waals surface area contributed by atoms with Crippen LogP contribution in [0.5, 0.6) is 5.75 Å². The monoisotopic (exact) mass is 332 g/mol. The summed E-state index contributed by atoms with van der Waals surface area (Å²) in [6.45, 7) is -0.333. The van der Waals surface area contributed by atoms with E-state index in [2.05, 4.69) is 5.32 Å². The van der Waals surface area contributed by atoms with Crippen LogP contribution in [-0.4, -0.2) is 40.4 Å². The molecule has 126 valence electrons. The minimum absolute atomic E-state index is 0.0678. The minimum atomic E-state index is -0.955. The summed E-state index contributed by atoms with van der Waals surface area (Å²) in [7, 11) is 0. The molecule has 0 aliphatic heterocycles. The van der Waals surface area contributed by atoms with Crippen LogP contribution in [0.1, 0.15) is 10.4 Å². The molecule has 0 saturated carbocycles. The Morgan fingerprint density at radius 2 is 1.88 bits per heavy atom. The van der Waals surface area contributed by atoms with Crippen LogP contribution in [-0.2, 0) is 0 Å². The molecule has 2 aromatic rings. The molecule has 2 aromatic carbocycles. The molecule has 24 heavy (non-hydrogen) atoms. The zero-order valence-electron chi connectivity index (χ0n) is 12.6. The number of para-hydroxylation sites is 1. The fourth-order valence-electron chi connectivity index (χ4n) is 1.91. The largest absolute Gasteiger partial charge is 0.423 e. The van der Waals surface area contributed by atoms with Gasteiger partial charge in [0.05, 0.1) is 23.2 Å². The number of nitro benzene ring substituents is 1. The van der Waals surface area contributed by atoms with Crippen molar-refractivity contribution in [1.29, 1.82) is 0 Å². The van der Waals surface area contributed by atoms with Crippen molar-refractivity contribution in [2.45, 2.75) is 6.10 Å². The first-order valence-corrected chi connectivity index (χ1v) is 7.09. The van der Waals surface area contributed by atoms with Gasteiger partial charge in [-0.1, -0.05) is 12.1 Å². The molecule has 1 atom stereocenters. The number of benzene rings is 2. The van der Waals surface area contributed by atoms with Crippen LogP contribution in [0.4, 0.5) is 11.4 Å². The zero-order chi connectivity index (χ0) is 17.5. The number of hydrogen-bond donors (Lipinski definition) is 3. The van der Waals surface area contributed by atoms with Crippen LogP contribution < -0.4 is 10.1 Å². The zero-order valence-corrected chi connectivity index (χ0v) is 12.6. The van der Waals surface area contributed by atoms with E-state index in [1.54, 1.807) is 24.3 Å². The number of ether oxygens (including phenoxy) is 1. The molecule has 8 heteroatoms. The smallest absolute Gasteiger partial charge is 0.345 e. The molecule has 0 amide bonds. The van der Waals surface area contributed by atoms with E-state index < -0.39 is 23.6 Å². The summed E-state index contributed by atoms with van der Waals surface area (Å²) < 4.78 is 5.20. The molecule has 0 aliphatic carbocycles. The van der Waals surface area contributed by atoms with Gasteiger partial charge in [0.15, 0.2) is 0 Å². The summed E-state index contributed by atoms with van der Waals surface area (Å²) in [5, 5.41) is 31.6. The SMILES string of the molecule is O=C(Oc1ccc([N+](=O)[O-])cc1)c1ccccc1NCC(O)CO. The normalized spacial score (nSPS) is 11.6. The summed E-state index contributed by atoms with van der Waals surface area (Å²) in [4.78, 5) is 22.3. The molecule has 0 saturated heterocycles. The number of carbonyl (C=O) groups is 1. The highest BCUT2D eigenvalue weighted by Gasteiger charge is 2.15. The molecule has 3 N–H and O–H groups in total. The van der Waals surface area contributed by atoms with Gasteiger partial charge in [-0.2, -0.15) is 0 Å².